The van der Waals surface area contributed by atoms with Gasteiger partial charge in [-0.25, -0.2) is 4.79 Å². The Morgan fingerprint density at radius 1 is 1.12 bits per heavy atom. The molecule has 2 fully saturated rings. The summed E-state index contributed by atoms with van der Waals surface area (Å²) in [6, 6.07) is 7.91. The van der Waals surface area contributed by atoms with Crippen molar-refractivity contribution in [3.63, 3.8) is 0 Å². The molecule has 2 saturated heterocycles. The van der Waals surface area contributed by atoms with Crippen molar-refractivity contribution >= 4 is 5.97 Å². The topological polar surface area (TPSA) is 38.8 Å². The molecule has 2 aliphatic heterocycles. The highest BCUT2D eigenvalue weighted by Crippen LogP contribution is 2.32. The Morgan fingerprint density at radius 2 is 1.92 bits per heavy atom. The molecule has 1 aromatic carbocycles. The SMILES string of the molecule is CCOc1ccc(C(=O)OCC[C@@H]2CCCN3CCCC[C@H]23)cc1. The highest BCUT2D eigenvalue weighted by atomic mass is 16.5. The smallest absolute Gasteiger partial charge is 0.338 e. The van der Waals surface area contributed by atoms with Crippen LogP contribution in [0.5, 0.6) is 5.75 Å². The summed E-state index contributed by atoms with van der Waals surface area (Å²) in [5.74, 6) is 1.25. The first-order valence-corrected chi connectivity index (χ1v) is 9.42. The molecular weight excluding hydrogens is 302 g/mol. The Balaban J connectivity index is 1.46. The van der Waals surface area contributed by atoms with Crippen LogP contribution in [0.2, 0.25) is 0 Å². The van der Waals surface area contributed by atoms with Gasteiger partial charge in [-0.3, -0.25) is 0 Å². The van der Waals surface area contributed by atoms with Crippen LogP contribution in [0.25, 0.3) is 0 Å². The summed E-state index contributed by atoms with van der Waals surface area (Å²) in [5, 5.41) is 0. The van der Waals surface area contributed by atoms with Crippen molar-refractivity contribution in [3.8, 4) is 5.75 Å². The number of rotatable bonds is 6. The van der Waals surface area contributed by atoms with Gasteiger partial charge in [0.2, 0.25) is 0 Å². The van der Waals surface area contributed by atoms with Crippen LogP contribution in [0.4, 0.5) is 0 Å². The number of hydrogen-bond donors (Lipinski definition) is 0. The second kappa shape index (κ2) is 8.52. The van der Waals surface area contributed by atoms with Gasteiger partial charge in [-0.05, 0) is 82.3 Å². The van der Waals surface area contributed by atoms with E-state index in [-0.39, 0.29) is 5.97 Å². The molecule has 0 spiro atoms. The quantitative estimate of drug-likeness (QED) is 0.741. The largest absolute Gasteiger partial charge is 0.494 e. The minimum absolute atomic E-state index is 0.227. The number of piperidine rings is 2. The van der Waals surface area contributed by atoms with Gasteiger partial charge in [-0.1, -0.05) is 6.42 Å². The van der Waals surface area contributed by atoms with Gasteiger partial charge >= 0.3 is 5.97 Å². The van der Waals surface area contributed by atoms with Gasteiger partial charge in [-0.2, -0.15) is 0 Å². The van der Waals surface area contributed by atoms with Crippen molar-refractivity contribution < 1.29 is 14.3 Å². The second-order valence-corrected chi connectivity index (χ2v) is 6.88. The van der Waals surface area contributed by atoms with Gasteiger partial charge in [0.25, 0.3) is 0 Å². The van der Waals surface area contributed by atoms with E-state index >= 15 is 0 Å². The first-order chi connectivity index (χ1) is 11.8. The van der Waals surface area contributed by atoms with Crippen LogP contribution in [0.15, 0.2) is 24.3 Å². The number of ether oxygens (including phenoxy) is 2. The van der Waals surface area contributed by atoms with Crippen LogP contribution < -0.4 is 4.74 Å². The lowest BCUT2D eigenvalue weighted by Gasteiger charge is -2.44. The average molecular weight is 331 g/mol. The molecule has 1 aromatic rings. The van der Waals surface area contributed by atoms with Gasteiger partial charge in [0, 0.05) is 6.04 Å². The molecule has 132 valence electrons. The third-order valence-electron chi connectivity index (χ3n) is 5.35. The highest BCUT2D eigenvalue weighted by Gasteiger charge is 2.32. The summed E-state index contributed by atoms with van der Waals surface area (Å²) in [6.07, 6.45) is 7.57. The zero-order valence-electron chi connectivity index (χ0n) is 14.7. The molecule has 0 saturated carbocycles. The number of hydrogen-bond acceptors (Lipinski definition) is 4. The van der Waals surface area contributed by atoms with Crippen LogP contribution in [-0.4, -0.2) is 43.2 Å². The zero-order chi connectivity index (χ0) is 16.8. The summed E-state index contributed by atoms with van der Waals surface area (Å²) >= 11 is 0. The maximum Gasteiger partial charge on any atom is 0.338 e. The van der Waals surface area contributed by atoms with Gasteiger partial charge in [0.05, 0.1) is 18.8 Å². The van der Waals surface area contributed by atoms with E-state index in [0.717, 1.165) is 18.2 Å². The van der Waals surface area contributed by atoms with Crippen LogP contribution in [0, 0.1) is 5.92 Å². The Hall–Kier alpha value is -1.55. The monoisotopic (exact) mass is 331 g/mol. The summed E-state index contributed by atoms with van der Waals surface area (Å²) in [5.41, 5.74) is 0.599. The Labute approximate surface area is 145 Å². The molecule has 0 amide bonds. The Morgan fingerprint density at radius 3 is 2.71 bits per heavy atom. The molecule has 2 aliphatic rings. The van der Waals surface area contributed by atoms with Gasteiger partial charge in [-0.15, -0.1) is 0 Å². The lowest BCUT2D eigenvalue weighted by molar-refractivity contribution is 0.0296. The van der Waals surface area contributed by atoms with Crippen molar-refractivity contribution in [3.05, 3.63) is 29.8 Å². The maximum absolute atomic E-state index is 12.2. The van der Waals surface area contributed by atoms with E-state index in [9.17, 15) is 4.79 Å². The van der Waals surface area contributed by atoms with Crippen LogP contribution in [-0.2, 0) is 4.74 Å². The van der Waals surface area contributed by atoms with Crippen molar-refractivity contribution in [1.82, 2.24) is 4.90 Å². The van der Waals surface area contributed by atoms with Crippen LogP contribution in [0.3, 0.4) is 0 Å². The first-order valence-electron chi connectivity index (χ1n) is 9.42. The van der Waals surface area contributed by atoms with Gasteiger partial charge in [0.1, 0.15) is 5.75 Å². The number of carbonyl (C=O) groups is 1. The van der Waals surface area contributed by atoms with E-state index in [0.29, 0.717) is 24.7 Å². The second-order valence-electron chi connectivity index (χ2n) is 6.88. The standard InChI is InChI=1S/C20H29NO3/c1-2-23-18-10-8-17(9-11-18)20(22)24-15-12-16-6-5-14-21-13-4-3-7-19(16)21/h8-11,16,19H,2-7,12-15H2,1H3/t16-,19+/m0/s1. The summed E-state index contributed by atoms with van der Waals surface area (Å²) in [7, 11) is 0. The van der Waals surface area contributed by atoms with Crippen molar-refractivity contribution in [1.29, 1.82) is 0 Å². The fourth-order valence-corrected chi connectivity index (χ4v) is 4.15. The molecule has 0 N–H and O–H groups in total. The zero-order valence-corrected chi connectivity index (χ0v) is 14.7. The van der Waals surface area contributed by atoms with E-state index in [1.165, 1.54) is 45.2 Å². The lowest BCUT2D eigenvalue weighted by Crippen LogP contribution is -2.48. The molecule has 4 nitrogen and oxygen atoms in total. The first kappa shape index (κ1) is 17.3. The molecule has 0 radical (unpaired) electrons. The molecule has 2 atom stereocenters. The van der Waals surface area contributed by atoms with E-state index in [2.05, 4.69) is 4.90 Å². The fourth-order valence-electron chi connectivity index (χ4n) is 4.15. The summed E-state index contributed by atoms with van der Waals surface area (Å²) in [6.45, 7) is 5.62. The number of fused-ring (bicyclic) bond motifs is 1. The van der Waals surface area contributed by atoms with Crippen LogP contribution >= 0.6 is 0 Å². The van der Waals surface area contributed by atoms with Crippen molar-refractivity contribution in [2.24, 2.45) is 5.92 Å². The number of esters is 1. The van der Waals surface area contributed by atoms with E-state index in [1.54, 1.807) is 12.1 Å². The molecule has 4 heteroatoms. The lowest BCUT2D eigenvalue weighted by atomic mass is 9.82. The van der Waals surface area contributed by atoms with Gasteiger partial charge in [0.15, 0.2) is 0 Å². The van der Waals surface area contributed by atoms with E-state index in [4.69, 9.17) is 9.47 Å². The average Bonchev–Trinajstić information content (AvgIpc) is 2.63. The predicted octanol–water partition coefficient (Wildman–Crippen LogP) is 3.90. The maximum atomic E-state index is 12.2. The fraction of sp³-hybridized carbons (Fsp3) is 0.650. The molecule has 0 aliphatic carbocycles. The number of benzene rings is 1. The molecule has 2 heterocycles. The minimum atomic E-state index is -0.227. The third kappa shape index (κ3) is 4.29. The molecule has 0 unspecified atom stereocenters. The predicted molar refractivity (Wildman–Crippen MR) is 94.4 cm³/mol. The minimum Gasteiger partial charge on any atom is -0.494 e. The Bertz CT molecular complexity index is 526. The number of nitrogens with zero attached hydrogens (tertiary/aromatic N) is 1. The summed E-state index contributed by atoms with van der Waals surface area (Å²) < 4.78 is 10.9. The van der Waals surface area contributed by atoms with Crippen molar-refractivity contribution in [2.75, 3.05) is 26.3 Å². The van der Waals surface area contributed by atoms with Crippen molar-refractivity contribution in [2.45, 2.75) is 51.5 Å². The Kier molecular flexibility index (Phi) is 6.13. The highest BCUT2D eigenvalue weighted by molar-refractivity contribution is 5.89. The third-order valence-corrected chi connectivity index (χ3v) is 5.35. The normalized spacial score (nSPS) is 24.2. The van der Waals surface area contributed by atoms with Crippen LogP contribution in [0.1, 0.15) is 55.8 Å². The van der Waals surface area contributed by atoms with E-state index in [1.807, 2.05) is 19.1 Å². The molecule has 24 heavy (non-hydrogen) atoms. The summed E-state index contributed by atoms with van der Waals surface area (Å²) in [4.78, 5) is 14.8. The number of carbonyl (C=O) groups excluding carboxylic acids is 1. The molecule has 0 aromatic heterocycles. The molecular formula is C20H29NO3. The van der Waals surface area contributed by atoms with Gasteiger partial charge < -0.3 is 14.4 Å². The molecule has 0 bridgehead atoms. The molecule has 3 rings (SSSR count). The van der Waals surface area contributed by atoms with E-state index < -0.39 is 0 Å².